The Morgan fingerprint density at radius 2 is 1.68 bits per heavy atom. The Kier molecular flexibility index (Phi) is 6.97. The molecule has 0 saturated carbocycles. The van der Waals surface area contributed by atoms with Crippen LogP contribution in [0, 0.1) is 13.8 Å². The first kappa shape index (κ1) is 22.4. The summed E-state index contributed by atoms with van der Waals surface area (Å²) >= 11 is 0. The standard InChI is InChI=1S/C24H26N2O4S/c1-17-12-13-22(14-18(17)2)30-16-19(3)25-24(27)20-8-7-11-23(15-20)31(28,29)26-21-9-5-4-6-10-21/h4-15,19,26H,16H2,1-3H3,(H,25,27)/t19-/m0/s1. The van der Waals surface area contributed by atoms with Crippen molar-refractivity contribution in [2.75, 3.05) is 11.3 Å². The summed E-state index contributed by atoms with van der Waals surface area (Å²) in [6.45, 7) is 6.17. The molecule has 0 aliphatic carbocycles. The zero-order valence-corrected chi connectivity index (χ0v) is 18.6. The molecule has 3 rings (SSSR count). The monoisotopic (exact) mass is 438 g/mol. The Hall–Kier alpha value is -3.32. The lowest BCUT2D eigenvalue weighted by atomic mass is 10.1. The fourth-order valence-electron chi connectivity index (χ4n) is 2.90. The molecule has 7 heteroatoms. The molecule has 0 saturated heterocycles. The molecule has 0 aliphatic heterocycles. The van der Waals surface area contributed by atoms with Crippen molar-refractivity contribution in [1.82, 2.24) is 5.32 Å². The van der Waals surface area contributed by atoms with Gasteiger partial charge in [0.15, 0.2) is 0 Å². The third kappa shape index (κ3) is 6.08. The fourth-order valence-corrected chi connectivity index (χ4v) is 4.00. The van der Waals surface area contributed by atoms with Crippen molar-refractivity contribution in [1.29, 1.82) is 0 Å². The molecule has 1 atom stereocenters. The van der Waals surface area contributed by atoms with Crippen molar-refractivity contribution in [3.05, 3.63) is 89.5 Å². The second-order valence-electron chi connectivity index (χ2n) is 7.43. The molecule has 1 amide bonds. The zero-order valence-electron chi connectivity index (χ0n) is 17.8. The molecule has 162 valence electrons. The third-order valence-electron chi connectivity index (χ3n) is 4.79. The van der Waals surface area contributed by atoms with Crippen LogP contribution < -0.4 is 14.8 Å². The van der Waals surface area contributed by atoms with Gasteiger partial charge in [0.1, 0.15) is 12.4 Å². The van der Waals surface area contributed by atoms with Crippen molar-refractivity contribution in [3.63, 3.8) is 0 Å². The summed E-state index contributed by atoms with van der Waals surface area (Å²) in [7, 11) is -3.81. The maximum absolute atomic E-state index is 12.6. The molecule has 3 aromatic carbocycles. The number of rotatable bonds is 8. The van der Waals surface area contributed by atoms with Gasteiger partial charge in [-0.25, -0.2) is 8.42 Å². The van der Waals surface area contributed by atoms with Crippen LogP contribution in [0.25, 0.3) is 0 Å². The highest BCUT2D eigenvalue weighted by Crippen LogP contribution is 2.18. The van der Waals surface area contributed by atoms with Gasteiger partial charge in [0, 0.05) is 11.3 Å². The summed E-state index contributed by atoms with van der Waals surface area (Å²) in [4.78, 5) is 12.6. The molecular weight excluding hydrogens is 412 g/mol. The van der Waals surface area contributed by atoms with Gasteiger partial charge in [0.2, 0.25) is 0 Å². The molecule has 0 bridgehead atoms. The van der Waals surface area contributed by atoms with E-state index in [0.717, 1.165) is 11.3 Å². The summed E-state index contributed by atoms with van der Waals surface area (Å²) in [5, 5.41) is 2.84. The zero-order chi connectivity index (χ0) is 22.4. The number of sulfonamides is 1. The third-order valence-corrected chi connectivity index (χ3v) is 6.17. The molecule has 31 heavy (non-hydrogen) atoms. The van der Waals surface area contributed by atoms with E-state index in [1.54, 1.807) is 42.5 Å². The van der Waals surface area contributed by atoms with E-state index >= 15 is 0 Å². The number of aryl methyl sites for hydroxylation is 2. The maximum Gasteiger partial charge on any atom is 0.261 e. The van der Waals surface area contributed by atoms with E-state index in [1.165, 1.54) is 17.7 Å². The van der Waals surface area contributed by atoms with Crippen LogP contribution in [-0.2, 0) is 10.0 Å². The van der Waals surface area contributed by atoms with Crippen LogP contribution in [-0.4, -0.2) is 27.0 Å². The lowest BCUT2D eigenvalue weighted by molar-refractivity contribution is 0.0926. The molecule has 0 aromatic heterocycles. The summed E-state index contributed by atoms with van der Waals surface area (Å²) < 4.78 is 33.6. The number of amides is 1. The largest absolute Gasteiger partial charge is 0.491 e. The smallest absolute Gasteiger partial charge is 0.261 e. The van der Waals surface area contributed by atoms with Gasteiger partial charge >= 0.3 is 0 Å². The number of ether oxygens (including phenoxy) is 1. The van der Waals surface area contributed by atoms with E-state index in [-0.39, 0.29) is 22.4 Å². The maximum atomic E-state index is 12.6. The van der Waals surface area contributed by atoms with Crippen LogP contribution >= 0.6 is 0 Å². The van der Waals surface area contributed by atoms with Gasteiger partial charge in [-0.15, -0.1) is 0 Å². The highest BCUT2D eigenvalue weighted by Gasteiger charge is 2.17. The normalized spacial score (nSPS) is 12.1. The second kappa shape index (κ2) is 9.66. The summed E-state index contributed by atoms with van der Waals surface area (Å²) in [5.74, 6) is 0.372. The molecule has 0 spiro atoms. The van der Waals surface area contributed by atoms with E-state index in [4.69, 9.17) is 4.74 Å². The van der Waals surface area contributed by atoms with Crippen molar-refractivity contribution < 1.29 is 17.9 Å². The van der Waals surface area contributed by atoms with E-state index < -0.39 is 10.0 Å². The minimum absolute atomic E-state index is 0.0167. The van der Waals surface area contributed by atoms with Gasteiger partial charge in [-0.05, 0) is 74.4 Å². The molecule has 0 fully saturated rings. The highest BCUT2D eigenvalue weighted by atomic mass is 32.2. The molecule has 0 unspecified atom stereocenters. The molecule has 0 radical (unpaired) electrons. The number of para-hydroxylation sites is 1. The van der Waals surface area contributed by atoms with E-state index in [0.29, 0.717) is 12.3 Å². The van der Waals surface area contributed by atoms with Crippen LogP contribution in [0.15, 0.2) is 77.7 Å². The van der Waals surface area contributed by atoms with Crippen LogP contribution in [0.5, 0.6) is 5.75 Å². The van der Waals surface area contributed by atoms with Gasteiger partial charge in [0.25, 0.3) is 15.9 Å². The van der Waals surface area contributed by atoms with Gasteiger partial charge in [-0.2, -0.15) is 0 Å². The SMILES string of the molecule is Cc1ccc(OC[C@H](C)NC(=O)c2cccc(S(=O)(=O)Nc3ccccc3)c2)cc1C. The Morgan fingerprint density at radius 3 is 2.39 bits per heavy atom. The summed E-state index contributed by atoms with van der Waals surface area (Å²) in [6, 6.07) is 20.1. The topological polar surface area (TPSA) is 84.5 Å². The lowest BCUT2D eigenvalue weighted by Crippen LogP contribution is -2.36. The van der Waals surface area contributed by atoms with Crippen molar-refractivity contribution >= 4 is 21.6 Å². The fraction of sp³-hybridized carbons (Fsp3) is 0.208. The predicted molar refractivity (Wildman–Crippen MR) is 122 cm³/mol. The molecule has 3 aromatic rings. The average Bonchev–Trinajstić information content (AvgIpc) is 2.75. The molecule has 0 heterocycles. The van der Waals surface area contributed by atoms with Crippen molar-refractivity contribution in [3.8, 4) is 5.75 Å². The Bertz CT molecular complexity index is 1160. The average molecular weight is 439 g/mol. The van der Waals surface area contributed by atoms with Gasteiger partial charge in [-0.1, -0.05) is 30.3 Å². The first-order chi connectivity index (χ1) is 14.7. The van der Waals surface area contributed by atoms with E-state index in [9.17, 15) is 13.2 Å². The van der Waals surface area contributed by atoms with E-state index in [1.807, 2.05) is 39.0 Å². The van der Waals surface area contributed by atoms with Gasteiger partial charge in [0.05, 0.1) is 10.9 Å². The number of hydrogen-bond acceptors (Lipinski definition) is 4. The number of hydrogen-bond donors (Lipinski definition) is 2. The molecule has 0 aliphatic rings. The van der Waals surface area contributed by atoms with E-state index in [2.05, 4.69) is 10.0 Å². The van der Waals surface area contributed by atoms with Crippen molar-refractivity contribution in [2.45, 2.75) is 31.7 Å². The number of benzene rings is 3. The first-order valence-corrected chi connectivity index (χ1v) is 11.4. The quantitative estimate of drug-likeness (QED) is 0.549. The predicted octanol–water partition coefficient (Wildman–Crippen LogP) is 4.30. The van der Waals surface area contributed by atoms with Crippen LogP contribution in [0.2, 0.25) is 0 Å². The van der Waals surface area contributed by atoms with Crippen LogP contribution in [0.3, 0.4) is 0 Å². The molecular formula is C24H26N2O4S. The number of carbonyl (C=O) groups is 1. The Morgan fingerprint density at radius 1 is 0.935 bits per heavy atom. The number of nitrogens with one attached hydrogen (secondary N) is 2. The highest BCUT2D eigenvalue weighted by molar-refractivity contribution is 7.92. The minimum atomic E-state index is -3.81. The Labute approximate surface area is 183 Å². The lowest BCUT2D eigenvalue weighted by Gasteiger charge is -2.16. The minimum Gasteiger partial charge on any atom is -0.491 e. The summed E-state index contributed by atoms with van der Waals surface area (Å²) in [6.07, 6.45) is 0. The second-order valence-corrected chi connectivity index (χ2v) is 9.11. The van der Waals surface area contributed by atoms with Crippen LogP contribution in [0.1, 0.15) is 28.4 Å². The summed E-state index contributed by atoms with van der Waals surface area (Å²) in [5.41, 5.74) is 3.03. The molecule has 6 nitrogen and oxygen atoms in total. The number of anilines is 1. The van der Waals surface area contributed by atoms with Gasteiger partial charge < -0.3 is 10.1 Å². The van der Waals surface area contributed by atoms with Crippen LogP contribution in [0.4, 0.5) is 5.69 Å². The first-order valence-electron chi connectivity index (χ1n) is 9.93. The molecule has 2 N–H and O–H groups in total. The van der Waals surface area contributed by atoms with Crippen molar-refractivity contribution in [2.24, 2.45) is 0 Å². The Balaban J connectivity index is 1.63. The van der Waals surface area contributed by atoms with Gasteiger partial charge in [-0.3, -0.25) is 9.52 Å². The number of carbonyl (C=O) groups excluding carboxylic acids is 1.